The second kappa shape index (κ2) is 9.62. The molecule has 1 unspecified atom stereocenters. The Morgan fingerprint density at radius 3 is 2.20 bits per heavy atom. The molecule has 1 fully saturated rings. The lowest BCUT2D eigenvalue weighted by atomic mass is 9.95. The number of nitrogens with one attached hydrogen (secondary N) is 1. The van der Waals surface area contributed by atoms with Crippen molar-refractivity contribution in [3.63, 3.8) is 0 Å². The first-order valence-electron chi connectivity index (χ1n) is 11.9. The van der Waals surface area contributed by atoms with Crippen molar-refractivity contribution < 1.29 is 13.2 Å². The molecule has 1 aliphatic rings. The van der Waals surface area contributed by atoms with E-state index in [4.69, 9.17) is 4.98 Å². The average Bonchev–Trinajstić information content (AvgIpc) is 3.69. The predicted octanol–water partition coefficient (Wildman–Crippen LogP) is 5.26. The van der Waals surface area contributed by atoms with Crippen LogP contribution < -0.4 is 5.32 Å². The van der Waals surface area contributed by atoms with Crippen molar-refractivity contribution in [1.82, 2.24) is 10.3 Å². The van der Waals surface area contributed by atoms with Crippen molar-refractivity contribution in [3.05, 3.63) is 102 Å². The summed E-state index contributed by atoms with van der Waals surface area (Å²) in [6.45, 7) is 0. The lowest BCUT2D eigenvalue weighted by molar-refractivity contribution is -0.121. The summed E-state index contributed by atoms with van der Waals surface area (Å²) in [6.07, 6.45) is 3.49. The van der Waals surface area contributed by atoms with Crippen molar-refractivity contribution in [3.8, 4) is 11.3 Å². The Balaban J connectivity index is 1.59. The van der Waals surface area contributed by atoms with E-state index in [2.05, 4.69) is 5.32 Å². The Morgan fingerprint density at radius 2 is 1.54 bits per heavy atom. The maximum absolute atomic E-state index is 13.5. The van der Waals surface area contributed by atoms with Crippen LogP contribution in [0.5, 0.6) is 0 Å². The topological polar surface area (TPSA) is 76.1 Å². The molecule has 178 valence electrons. The molecule has 0 aliphatic heterocycles. The van der Waals surface area contributed by atoms with Crippen molar-refractivity contribution >= 4 is 26.6 Å². The standard InChI is InChI=1S/C29H28N2O3S/c1-35(33,34)19-25-24(18-27(32)31-28(22-16-17-22)20-10-4-2-5-11-20)23-14-8-9-15-26(23)30-29(25)21-12-6-3-7-13-21/h2-15,22,28H,16-19H2,1H3,(H,31,32). The van der Waals surface area contributed by atoms with Gasteiger partial charge in [-0.1, -0.05) is 78.9 Å². The quantitative estimate of drug-likeness (QED) is 0.370. The highest BCUT2D eigenvalue weighted by Crippen LogP contribution is 2.41. The highest BCUT2D eigenvalue weighted by Gasteiger charge is 2.33. The fourth-order valence-corrected chi connectivity index (χ4v) is 5.56. The molecule has 35 heavy (non-hydrogen) atoms. The summed E-state index contributed by atoms with van der Waals surface area (Å²) in [5.74, 6) is 0.143. The number of nitrogens with zero attached hydrogens (tertiary/aromatic N) is 1. The first-order chi connectivity index (χ1) is 16.9. The van der Waals surface area contributed by atoms with Crippen LogP contribution in [-0.4, -0.2) is 25.6 Å². The zero-order valence-electron chi connectivity index (χ0n) is 19.6. The molecule has 0 spiro atoms. The number of sulfone groups is 1. The van der Waals surface area contributed by atoms with Gasteiger partial charge in [-0.25, -0.2) is 13.4 Å². The monoisotopic (exact) mass is 484 g/mol. The summed E-state index contributed by atoms with van der Waals surface area (Å²) < 4.78 is 25.0. The van der Waals surface area contributed by atoms with Gasteiger partial charge in [0, 0.05) is 17.2 Å². The summed E-state index contributed by atoms with van der Waals surface area (Å²) in [5, 5.41) is 4.06. The zero-order valence-corrected chi connectivity index (χ0v) is 20.5. The molecule has 0 bridgehead atoms. The van der Waals surface area contributed by atoms with Gasteiger partial charge in [-0.2, -0.15) is 0 Å². The first-order valence-corrected chi connectivity index (χ1v) is 13.9. The molecule has 1 heterocycles. The van der Waals surface area contributed by atoms with Gasteiger partial charge in [0.1, 0.15) is 0 Å². The molecule has 0 radical (unpaired) electrons. The van der Waals surface area contributed by atoms with E-state index in [9.17, 15) is 13.2 Å². The van der Waals surface area contributed by atoms with Gasteiger partial charge in [0.2, 0.25) is 5.91 Å². The average molecular weight is 485 g/mol. The van der Waals surface area contributed by atoms with Crippen LogP contribution in [0.3, 0.4) is 0 Å². The van der Waals surface area contributed by atoms with E-state index < -0.39 is 9.84 Å². The Hall–Kier alpha value is -3.51. The highest BCUT2D eigenvalue weighted by molar-refractivity contribution is 7.89. The minimum absolute atomic E-state index is 0.0382. The van der Waals surface area contributed by atoms with Crippen LogP contribution in [0.15, 0.2) is 84.9 Å². The number of benzene rings is 3. The Bertz CT molecular complexity index is 1460. The molecular formula is C29H28N2O3S. The number of carbonyl (C=O) groups excluding carboxylic acids is 1. The molecule has 6 heteroatoms. The second-order valence-corrected chi connectivity index (χ2v) is 11.5. The highest BCUT2D eigenvalue weighted by atomic mass is 32.2. The SMILES string of the molecule is CS(=O)(=O)Cc1c(-c2ccccc2)nc2ccccc2c1CC(=O)NC(c1ccccc1)C1CC1. The molecule has 1 amide bonds. The second-order valence-electron chi connectivity index (χ2n) is 9.34. The van der Waals surface area contributed by atoms with E-state index in [0.717, 1.165) is 40.4 Å². The molecule has 0 saturated heterocycles. The number of hydrogen-bond acceptors (Lipinski definition) is 4. The van der Waals surface area contributed by atoms with Crippen LogP contribution in [-0.2, 0) is 26.8 Å². The number of carbonyl (C=O) groups is 1. The first kappa shape index (κ1) is 23.2. The van der Waals surface area contributed by atoms with Crippen LogP contribution in [0, 0.1) is 5.92 Å². The van der Waals surface area contributed by atoms with E-state index in [0.29, 0.717) is 17.2 Å². The molecule has 1 atom stereocenters. The lowest BCUT2D eigenvalue weighted by Gasteiger charge is -2.21. The fourth-order valence-electron chi connectivity index (χ4n) is 4.72. The number of pyridine rings is 1. The predicted molar refractivity (Wildman–Crippen MR) is 139 cm³/mol. The van der Waals surface area contributed by atoms with Gasteiger partial charge in [0.25, 0.3) is 0 Å². The molecule has 3 aromatic carbocycles. The van der Waals surface area contributed by atoms with Gasteiger partial charge >= 0.3 is 0 Å². The van der Waals surface area contributed by atoms with E-state index in [1.165, 1.54) is 6.26 Å². The third-order valence-electron chi connectivity index (χ3n) is 6.47. The van der Waals surface area contributed by atoms with Crippen LogP contribution >= 0.6 is 0 Å². The largest absolute Gasteiger partial charge is 0.349 e. The van der Waals surface area contributed by atoms with Gasteiger partial charge in [0.15, 0.2) is 9.84 Å². The van der Waals surface area contributed by atoms with Crippen molar-refractivity contribution in [1.29, 1.82) is 0 Å². The summed E-state index contributed by atoms with van der Waals surface area (Å²) >= 11 is 0. The molecule has 4 aromatic rings. The third kappa shape index (κ3) is 5.43. The minimum atomic E-state index is -3.38. The molecular weight excluding hydrogens is 456 g/mol. The van der Waals surface area contributed by atoms with Gasteiger partial charge in [0.05, 0.1) is 29.4 Å². The maximum atomic E-state index is 13.5. The number of aromatic nitrogens is 1. The Labute approximate surface area is 206 Å². The Morgan fingerprint density at radius 1 is 0.914 bits per heavy atom. The van der Waals surface area contributed by atoms with E-state index >= 15 is 0 Å². The zero-order chi connectivity index (χ0) is 24.4. The fraction of sp³-hybridized carbons (Fsp3) is 0.241. The van der Waals surface area contributed by atoms with Gasteiger partial charge in [-0.3, -0.25) is 4.79 Å². The van der Waals surface area contributed by atoms with Gasteiger partial charge < -0.3 is 5.32 Å². The van der Waals surface area contributed by atoms with E-state index in [-0.39, 0.29) is 24.1 Å². The number of hydrogen-bond donors (Lipinski definition) is 1. The summed E-state index contributed by atoms with van der Waals surface area (Å²) in [5.41, 5.74) is 4.60. The normalized spacial score (nSPS) is 14.5. The molecule has 5 nitrogen and oxygen atoms in total. The molecule has 1 N–H and O–H groups in total. The van der Waals surface area contributed by atoms with Gasteiger partial charge in [-0.05, 0) is 41.5 Å². The number of para-hydroxylation sites is 1. The van der Waals surface area contributed by atoms with Crippen LogP contribution in [0.1, 0.15) is 35.6 Å². The minimum Gasteiger partial charge on any atom is -0.349 e. The number of rotatable bonds is 8. The molecule has 1 aromatic heterocycles. The third-order valence-corrected chi connectivity index (χ3v) is 7.28. The van der Waals surface area contributed by atoms with Crippen molar-refractivity contribution in [2.75, 3.05) is 6.26 Å². The molecule has 1 aliphatic carbocycles. The summed E-state index contributed by atoms with van der Waals surface area (Å²) in [7, 11) is -3.38. The van der Waals surface area contributed by atoms with E-state index in [1.807, 2.05) is 84.9 Å². The van der Waals surface area contributed by atoms with Crippen molar-refractivity contribution in [2.45, 2.75) is 31.1 Å². The Kier molecular flexibility index (Phi) is 6.39. The van der Waals surface area contributed by atoms with E-state index in [1.54, 1.807) is 0 Å². The smallest absolute Gasteiger partial charge is 0.224 e. The lowest BCUT2D eigenvalue weighted by Crippen LogP contribution is -2.31. The molecule has 1 saturated carbocycles. The van der Waals surface area contributed by atoms with Crippen LogP contribution in [0.4, 0.5) is 0 Å². The van der Waals surface area contributed by atoms with Gasteiger partial charge in [-0.15, -0.1) is 0 Å². The molecule has 5 rings (SSSR count). The number of fused-ring (bicyclic) bond motifs is 1. The van der Waals surface area contributed by atoms with Crippen LogP contribution in [0.25, 0.3) is 22.2 Å². The van der Waals surface area contributed by atoms with Crippen molar-refractivity contribution in [2.24, 2.45) is 5.92 Å². The summed E-state index contributed by atoms with van der Waals surface area (Å²) in [6, 6.07) is 27.2. The number of amides is 1. The maximum Gasteiger partial charge on any atom is 0.224 e. The summed E-state index contributed by atoms with van der Waals surface area (Å²) in [4.78, 5) is 18.3. The van der Waals surface area contributed by atoms with Crippen LogP contribution in [0.2, 0.25) is 0 Å².